The van der Waals surface area contributed by atoms with Crippen molar-refractivity contribution < 1.29 is 5.11 Å². The summed E-state index contributed by atoms with van der Waals surface area (Å²) in [6.45, 7) is 5.30. The summed E-state index contributed by atoms with van der Waals surface area (Å²) in [5.74, 6) is 0.672. The lowest BCUT2D eigenvalue weighted by atomic mass is 9.92. The third kappa shape index (κ3) is 2.75. The maximum Gasteiger partial charge on any atom is 0.138 e. The van der Waals surface area contributed by atoms with Gasteiger partial charge in [0, 0.05) is 11.6 Å². The molecule has 2 rings (SSSR count). The molecule has 0 aliphatic carbocycles. The lowest BCUT2D eigenvalue weighted by Crippen LogP contribution is -2.27. The first-order chi connectivity index (χ1) is 8.09. The van der Waals surface area contributed by atoms with Crippen LogP contribution in [0.3, 0.4) is 0 Å². The summed E-state index contributed by atoms with van der Waals surface area (Å²) < 4.78 is 0. The van der Waals surface area contributed by atoms with E-state index in [2.05, 4.69) is 25.2 Å². The van der Waals surface area contributed by atoms with Gasteiger partial charge in [-0.15, -0.1) is 0 Å². The summed E-state index contributed by atoms with van der Waals surface area (Å²) in [4.78, 5) is 0. The van der Waals surface area contributed by atoms with Crippen LogP contribution in [0.15, 0.2) is 12.1 Å². The third-order valence-electron chi connectivity index (χ3n) is 3.47. The largest absolute Gasteiger partial charge is 0.506 e. The van der Waals surface area contributed by atoms with Gasteiger partial charge in [0.1, 0.15) is 5.75 Å². The first-order valence-electron chi connectivity index (χ1n) is 6.35. The zero-order chi connectivity index (χ0) is 12.4. The second-order valence-electron chi connectivity index (χ2n) is 5.10. The molecule has 17 heavy (non-hydrogen) atoms. The summed E-state index contributed by atoms with van der Waals surface area (Å²) in [5.41, 5.74) is 2.15. The van der Waals surface area contributed by atoms with Gasteiger partial charge in [-0.25, -0.2) is 0 Å². The van der Waals surface area contributed by atoms with Gasteiger partial charge in [0.15, 0.2) is 0 Å². The number of aromatic hydroxyl groups is 1. The number of benzene rings is 1. The maximum absolute atomic E-state index is 10.1. The Labute approximate surface area is 108 Å². The summed E-state index contributed by atoms with van der Waals surface area (Å²) in [6.07, 6.45) is 3.50. The van der Waals surface area contributed by atoms with Gasteiger partial charge in [0.05, 0.1) is 5.02 Å². The van der Waals surface area contributed by atoms with Crippen LogP contribution in [0.4, 0.5) is 0 Å². The first kappa shape index (κ1) is 12.7. The average molecular weight is 254 g/mol. The number of rotatable bonds is 2. The van der Waals surface area contributed by atoms with Crippen molar-refractivity contribution in [1.29, 1.82) is 0 Å². The number of hydrogen-bond donors (Lipinski definition) is 2. The van der Waals surface area contributed by atoms with Crippen LogP contribution in [0.2, 0.25) is 5.02 Å². The summed E-state index contributed by atoms with van der Waals surface area (Å²) in [6, 6.07) is 4.21. The summed E-state index contributed by atoms with van der Waals surface area (Å²) in [5, 5.41) is 14.0. The lowest BCUT2D eigenvalue weighted by Gasteiger charge is -2.25. The zero-order valence-electron chi connectivity index (χ0n) is 10.5. The van der Waals surface area contributed by atoms with Crippen molar-refractivity contribution in [2.75, 3.05) is 6.54 Å². The van der Waals surface area contributed by atoms with Crippen LogP contribution < -0.4 is 5.32 Å². The smallest absolute Gasteiger partial charge is 0.138 e. The van der Waals surface area contributed by atoms with E-state index in [1.807, 2.05) is 6.07 Å². The van der Waals surface area contributed by atoms with Crippen molar-refractivity contribution in [3.63, 3.8) is 0 Å². The quantitative estimate of drug-likeness (QED) is 0.836. The van der Waals surface area contributed by atoms with Crippen molar-refractivity contribution in [3.05, 3.63) is 28.3 Å². The van der Waals surface area contributed by atoms with Crippen LogP contribution in [0.25, 0.3) is 0 Å². The van der Waals surface area contributed by atoms with Crippen molar-refractivity contribution >= 4 is 11.6 Å². The van der Waals surface area contributed by atoms with Gasteiger partial charge in [0.2, 0.25) is 0 Å². The molecule has 3 heteroatoms. The average Bonchev–Trinajstić information content (AvgIpc) is 2.33. The van der Waals surface area contributed by atoms with Gasteiger partial charge in [-0.2, -0.15) is 0 Å². The third-order valence-corrected chi connectivity index (χ3v) is 3.76. The highest BCUT2D eigenvalue weighted by atomic mass is 35.5. The zero-order valence-corrected chi connectivity index (χ0v) is 11.2. The van der Waals surface area contributed by atoms with E-state index in [1.54, 1.807) is 0 Å². The van der Waals surface area contributed by atoms with Gasteiger partial charge in [0.25, 0.3) is 0 Å². The normalized spacial score (nSPS) is 20.8. The van der Waals surface area contributed by atoms with E-state index in [0.717, 1.165) is 18.5 Å². The molecular weight excluding hydrogens is 234 g/mol. The highest BCUT2D eigenvalue weighted by Gasteiger charge is 2.20. The van der Waals surface area contributed by atoms with Crippen LogP contribution in [0.5, 0.6) is 5.75 Å². The van der Waals surface area contributed by atoms with E-state index >= 15 is 0 Å². The van der Waals surface area contributed by atoms with Crippen molar-refractivity contribution in [3.8, 4) is 5.75 Å². The minimum Gasteiger partial charge on any atom is -0.506 e. The monoisotopic (exact) mass is 253 g/mol. The van der Waals surface area contributed by atoms with Gasteiger partial charge in [-0.1, -0.05) is 37.9 Å². The molecular formula is C14H20ClNO. The van der Waals surface area contributed by atoms with Gasteiger partial charge in [-0.3, -0.25) is 0 Å². The van der Waals surface area contributed by atoms with E-state index in [1.165, 1.54) is 18.4 Å². The lowest BCUT2D eigenvalue weighted by molar-refractivity contribution is 0.390. The molecule has 1 heterocycles. The molecule has 0 saturated carbocycles. The van der Waals surface area contributed by atoms with Crippen molar-refractivity contribution in [2.24, 2.45) is 0 Å². The van der Waals surface area contributed by atoms with E-state index in [-0.39, 0.29) is 11.8 Å². The van der Waals surface area contributed by atoms with Crippen LogP contribution in [0.1, 0.15) is 56.2 Å². The van der Waals surface area contributed by atoms with E-state index in [4.69, 9.17) is 11.6 Å². The van der Waals surface area contributed by atoms with Crippen LogP contribution in [-0.2, 0) is 0 Å². The van der Waals surface area contributed by atoms with Crippen LogP contribution in [-0.4, -0.2) is 11.7 Å². The second-order valence-corrected chi connectivity index (χ2v) is 5.50. The topological polar surface area (TPSA) is 32.3 Å². The Morgan fingerprint density at radius 1 is 1.35 bits per heavy atom. The summed E-state index contributed by atoms with van der Waals surface area (Å²) in [7, 11) is 0. The molecule has 2 N–H and O–H groups in total. The van der Waals surface area contributed by atoms with Gasteiger partial charge in [-0.05, 0) is 36.9 Å². The van der Waals surface area contributed by atoms with Crippen LogP contribution in [0, 0.1) is 0 Å². The number of phenols is 1. The highest BCUT2D eigenvalue weighted by Crippen LogP contribution is 2.37. The van der Waals surface area contributed by atoms with Gasteiger partial charge >= 0.3 is 0 Å². The fourth-order valence-corrected chi connectivity index (χ4v) is 2.59. The molecule has 1 atom stereocenters. The predicted molar refractivity (Wildman–Crippen MR) is 71.8 cm³/mol. The molecule has 1 fully saturated rings. The Kier molecular flexibility index (Phi) is 3.95. The Balaban J connectivity index is 2.36. The Morgan fingerprint density at radius 2 is 2.12 bits per heavy atom. The predicted octanol–water partition coefficient (Wildman–Crippen LogP) is 3.98. The van der Waals surface area contributed by atoms with Crippen molar-refractivity contribution in [2.45, 2.75) is 45.1 Å². The second kappa shape index (κ2) is 5.28. The molecule has 0 spiro atoms. The fourth-order valence-electron chi connectivity index (χ4n) is 2.36. The molecule has 1 aliphatic rings. The number of halogens is 1. The Hall–Kier alpha value is -0.730. The number of piperidine rings is 1. The summed E-state index contributed by atoms with van der Waals surface area (Å²) >= 11 is 6.10. The molecule has 1 aromatic carbocycles. The molecule has 94 valence electrons. The van der Waals surface area contributed by atoms with E-state index < -0.39 is 0 Å². The minimum absolute atomic E-state index is 0.246. The van der Waals surface area contributed by atoms with E-state index in [0.29, 0.717) is 10.9 Å². The Morgan fingerprint density at radius 3 is 2.71 bits per heavy atom. The first-order valence-corrected chi connectivity index (χ1v) is 6.73. The molecule has 1 unspecified atom stereocenters. The number of hydrogen-bond acceptors (Lipinski definition) is 2. The highest BCUT2D eigenvalue weighted by molar-refractivity contribution is 6.32. The molecule has 0 aromatic heterocycles. The fraction of sp³-hybridized carbons (Fsp3) is 0.571. The standard InChI is InChI=1S/C14H20ClNO/c1-9(2)10-7-11(14(17)12(15)8-10)13-5-3-4-6-16-13/h7-9,13,16-17H,3-6H2,1-2H3. The minimum atomic E-state index is 0.246. The number of nitrogens with one attached hydrogen (secondary N) is 1. The number of phenolic OH excluding ortho intramolecular Hbond substituents is 1. The van der Waals surface area contributed by atoms with E-state index in [9.17, 15) is 5.11 Å². The molecule has 1 aromatic rings. The molecule has 0 amide bonds. The molecule has 1 saturated heterocycles. The van der Waals surface area contributed by atoms with Crippen molar-refractivity contribution in [1.82, 2.24) is 5.32 Å². The molecule has 0 bridgehead atoms. The molecule has 1 aliphatic heterocycles. The van der Waals surface area contributed by atoms with Crippen LogP contribution >= 0.6 is 11.6 Å². The maximum atomic E-state index is 10.1. The molecule has 0 radical (unpaired) electrons. The SMILES string of the molecule is CC(C)c1cc(Cl)c(O)c(C2CCCCN2)c1. The molecule has 2 nitrogen and oxygen atoms in total. The Bertz CT molecular complexity index is 397. The van der Waals surface area contributed by atoms with Gasteiger partial charge < -0.3 is 10.4 Å².